The highest BCUT2D eigenvalue weighted by molar-refractivity contribution is 6.36. The summed E-state index contributed by atoms with van der Waals surface area (Å²) in [4.78, 5) is 11.3. The number of benzene rings is 1. The van der Waals surface area contributed by atoms with Crippen LogP contribution in [-0.2, 0) is 6.54 Å². The van der Waals surface area contributed by atoms with Gasteiger partial charge >= 0.3 is 5.97 Å². The summed E-state index contributed by atoms with van der Waals surface area (Å²) < 4.78 is 1.82. The molecule has 1 heterocycles. The molecule has 0 aliphatic heterocycles. The van der Waals surface area contributed by atoms with E-state index in [0.717, 1.165) is 17.5 Å². The van der Waals surface area contributed by atoms with Crippen molar-refractivity contribution in [1.29, 1.82) is 0 Å². The Balaban J connectivity index is 2.92. The summed E-state index contributed by atoms with van der Waals surface area (Å²) in [6.07, 6.45) is 0.870. The zero-order valence-corrected chi connectivity index (χ0v) is 11.6. The van der Waals surface area contributed by atoms with E-state index in [1.54, 1.807) is 12.1 Å². The Morgan fingerprint density at radius 2 is 2.06 bits per heavy atom. The number of aromatic carboxylic acids is 1. The highest BCUT2D eigenvalue weighted by Crippen LogP contribution is 2.35. The minimum absolute atomic E-state index is 0.153. The van der Waals surface area contributed by atoms with Crippen molar-refractivity contribution in [2.45, 2.75) is 26.8 Å². The van der Waals surface area contributed by atoms with Crippen LogP contribution >= 0.6 is 23.2 Å². The molecular weight excluding hydrogens is 273 g/mol. The molecule has 0 aliphatic rings. The van der Waals surface area contributed by atoms with Crippen molar-refractivity contribution in [2.75, 3.05) is 0 Å². The molecule has 0 saturated carbocycles. The van der Waals surface area contributed by atoms with E-state index in [1.807, 2.05) is 18.4 Å². The molecule has 0 bridgehead atoms. The van der Waals surface area contributed by atoms with Crippen molar-refractivity contribution in [3.05, 3.63) is 33.4 Å². The van der Waals surface area contributed by atoms with Crippen LogP contribution in [-0.4, -0.2) is 15.6 Å². The fourth-order valence-corrected chi connectivity index (χ4v) is 2.71. The number of hydrogen-bond donors (Lipinski definition) is 1. The smallest absolute Gasteiger partial charge is 0.339 e. The Labute approximate surface area is 115 Å². The van der Waals surface area contributed by atoms with Crippen LogP contribution in [0.15, 0.2) is 12.1 Å². The van der Waals surface area contributed by atoms with E-state index in [0.29, 0.717) is 17.0 Å². The summed E-state index contributed by atoms with van der Waals surface area (Å²) >= 11 is 12.3. The number of aromatic nitrogens is 1. The molecule has 0 radical (unpaired) electrons. The average Bonchev–Trinajstić information content (AvgIpc) is 2.58. The first-order valence-corrected chi connectivity index (χ1v) is 6.44. The number of rotatable bonds is 3. The maximum absolute atomic E-state index is 11.3. The summed E-state index contributed by atoms with van der Waals surface area (Å²) in [5.41, 5.74) is 1.82. The molecule has 1 N–H and O–H groups in total. The molecule has 2 rings (SSSR count). The van der Waals surface area contributed by atoms with Crippen molar-refractivity contribution in [2.24, 2.45) is 0 Å². The lowest BCUT2D eigenvalue weighted by atomic mass is 10.1. The number of nitrogens with zero attached hydrogens (tertiary/aromatic N) is 1. The molecule has 0 unspecified atom stereocenters. The Kier molecular flexibility index (Phi) is 3.55. The third-order valence-corrected chi connectivity index (χ3v) is 3.81. The van der Waals surface area contributed by atoms with E-state index in [-0.39, 0.29) is 10.7 Å². The van der Waals surface area contributed by atoms with E-state index in [9.17, 15) is 9.90 Å². The van der Waals surface area contributed by atoms with Crippen molar-refractivity contribution in [1.82, 2.24) is 4.57 Å². The van der Waals surface area contributed by atoms with E-state index >= 15 is 0 Å². The van der Waals surface area contributed by atoms with E-state index in [2.05, 4.69) is 0 Å². The summed E-state index contributed by atoms with van der Waals surface area (Å²) in [7, 11) is 0. The fraction of sp³-hybridized carbons (Fsp3) is 0.308. The predicted octanol–water partition coefficient (Wildman–Crippen LogP) is 4.36. The van der Waals surface area contributed by atoms with Gasteiger partial charge in [0.05, 0.1) is 5.52 Å². The number of carboxylic acid groups (broad SMARTS) is 1. The quantitative estimate of drug-likeness (QED) is 0.910. The van der Waals surface area contributed by atoms with Crippen molar-refractivity contribution < 1.29 is 9.90 Å². The third kappa shape index (κ3) is 1.88. The Hall–Kier alpha value is -1.19. The van der Waals surface area contributed by atoms with Crippen LogP contribution < -0.4 is 0 Å². The first-order chi connectivity index (χ1) is 8.49. The molecular formula is C13H13Cl2NO2. The molecule has 18 heavy (non-hydrogen) atoms. The molecule has 96 valence electrons. The van der Waals surface area contributed by atoms with Crippen LogP contribution in [0, 0.1) is 6.92 Å². The van der Waals surface area contributed by atoms with Crippen LogP contribution in [0.25, 0.3) is 10.9 Å². The van der Waals surface area contributed by atoms with Crippen LogP contribution in [0.5, 0.6) is 0 Å². The van der Waals surface area contributed by atoms with Gasteiger partial charge in [-0.1, -0.05) is 36.2 Å². The third-order valence-electron chi connectivity index (χ3n) is 3.01. The molecule has 1 aromatic heterocycles. The maximum atomic E-state index is 11.3. The van der Waals surface area contributed by atoms with Gasteiger partial charge in [0.25, 0.3) is 0 Å². The first-order valence-electron chi connectivity index (χ1n) is 5.69. The molecule has 0 aliphatic carbocycles. The van der Waals surface area contributed by atoms with Gasteiger partial charge in [0.1, 0.15) is 10.7 Å². The lowest BCUT2D eigenvalue weighted by Crippen LogP contribution is -2.00. The van der Waals surface area contributed by atoms with Crippen LogP contribution in [0.1, 0.15) is 29.3 Å². The molecule has 1 aromatic carbocycles. The van der Waals surface area contributed by atoms with Crippen molar-refractivity contribution >= 4 is 40.1 Å². The van der Waals surface area contributed by atoms with Crippen molar-refractivity contribution in [3.63, 3.8) is 0 Å². The highest BCUT2D eigenvalue weighted by atomic mass is 35.5. The van der Waals surface area contributed by atoms with Gasteiger partial charge in [-0.25, -0.2) is 4.79 Å². The van der Waals surface area contributed by atoms with Crippen LogP contribution in [0.4, 0.5) is 0 Å². The SMILES string of the molecule is CCCn1c(Cl)c(C(=O)O)c2ccc(Cl)c(C)c21. The van der Waals surface area contributed by atoms with Gasteiger partial charge in [-0.15, -0.1) is 0 Å². The number of fused-ring (bicyclic) bond motifs is 1. The number of hydrogen-bond acceptors (Lipinski definition) is 1. The molecule has 2 aromatic rings. The minimum atomic E-state index is -1.01. The van der Waals surface area contributed by atoms with Gasteiger partial charge in [0.15, 0.2) is 0 Å². The summed E-state index contributed by atoms with van der Waals surface area (Å²) in [6, 6.07) is 3.42. The second-order valence-corrected chi connectivity index (χ2v) is 4.96. The van der Waals surface area contributed by atoms with Gasteiger partial charge in [0, 0.05) is 17.0 Å². The predicted molar refractivity (Wildman–Crippen MR) is 73.9 cm³/mol. The second kappa shape index (κ2) is 4.82. The zero-order chi connectivity index (χ0) is 13.4. The van der Waals surface area contributed by atoms with E-state index in [4.69, 9.17) is 23.2 Å². The summed E-state index contributed by atoms with van der Waals surface area (Å²) in [5.74, 6) is -1.01. The summed E-state index contributed by atoms with van der Waals surface area (Å²) in [6.45, 7) is 4.56. The Morgan fingerprint density at radius 1 is 1.39 bits per heavy atom. The number of carbonyl (C=O) groups is 1. The number of aryl methyl sites for hydroxylation is 2. The standard InChI is InChI=1S/C13H13Cl2NO2/c1-3-6-16-11-7(2)9(14)5-4-8(11)10(12(16)15)13(17)18/h4-5H,3,6H2,1-2H3,(H,17,18). The summed E-state index contributed by atoms with van der Waals surface area (Å²) in [5, 5.41) is 10.8. The highest BCUT2D eigenvalue weighted by Gasteiger charge is 2.22. The second-order valence-electron chi connectivity index (χ2n) is 4.19. The number of halogens is 2. The largest absolute Gasteiger partial charge is 0.478 e. The molecule has 0 atom stereocenters. The molecule has 5 heteroatoms. The van der Waals surface area contributed by atoms with Gasteiger partial charge in [-0.05, 0) is 25.0 Å². The molecule has 3 nitrogen and oxygen atoms in total. The molecule has 0 amide bonds. The van der Waals surface area contributed by atoms with Gasteiger partial charge < -0.3 is 9.67 Å². The van der Waals surface area contributed by atoms with Gasteiger partial charge in [0.2, 0.25) is 0 Å². The van der Waals surface area contributed by atoms with Gasteiger partial charge in [-0.3, -0.25) is 0 Å². The fourth-order valence-electron chi connectivity index (χ4n) is 2.21. The van der Waals surface area contributed by atoms with E-state index in [1.165, 1.54) is 0 Å². The monoisotopic (exact) mass is 285 g/mol. The lowest BCUT2D eigenvalue weighted by Gasteiger charge is -2.08. The van der Waals surface area contributed by atoms with E-state index < -0.39 is 5.97 Å². The van der Waals surface area contributed by atoms with Gasteiger partial charge in [-0.2, -0.15) is 0 Å². The lowest BCUT2D eigenvalue weighted by molar-refractivity contribution is 0.0699. The van der Waals surface area contributed by atoms with Crippen LogP contribution in [0.2, 0.25) is 10.2 Å². The maximum Gasteiger partial charge on any atom is 0.339 e. The van der Waals surface area contributed by atoms with Crippen molar-refractivity contribution in [3.8, 4) is 0 Å². The molecule has 0 spiro atoms. The zero-order valence-electron chi connectivity index (χ0n) is 10.1. The van der Waals surface area contributed by atoms with Crippen LogP contribution in [0.3, 0.4) is 0 Å². The molecule has 0 saturated heterocycles. The number of carboxylic acids is 1. The first kappa shape index (κ1) is 13.2. The average molecular weight is 286 g/mol. The normalized spacial score (nSPS) is 11.1. The minimum Gasteiger partial charge on any atom is -0.478 e. The topological polar surface area (TPSA) is 42.2 Å². The Morgan fingerprint density at radius 3 is 2.61 bits per heavy atom. The Bertz CT molecular complexity index is 632. The molecule has 0 fully saturated rings.